The lowest BCUT2D eigenvalue weighted by Gasteiger charge is -2.25. The molecule has 1 aliphatic heterocycles. The Morgan fingerprint density at radius 2 is 1.67 bits per heavy atom. The van der Waals surface area contributed by atoms with Crippen LogP contribution in [0.25, 0.3) is 17.7 Å². The number of hydrogen-bond acceptors (Lipinski definition) is 4. The zero-order valence-electron chi connectivity index (χ0n) is 29.0. The number of amides is 1. The van der Waals surface area contributed by atoms with Crippen molar-refractivity contribution < 1.29 is 14.3 Å². The average molecular weight is 703 g/mol. The summed E-state index contributed by atoms with van der Waals surface area (Å²) in [7, 11) is 0. The van der Waals surface area contributed by atoms with E-state index >= 15 is 0 Å². The van der Waals surface area contributed by atoms with Crippen molar-refractivity contribution in [2.75, 3.05) is 17.2 Å². The van der Waals surface area contributed by atoms with E-state index in [1.165, 1.54) is 5.56 Å². The first-order valence-electron chi connectivity index (χ1n) is 17.5. The molecule has 0 bridgehead atoms. The fourth-order valence-corrected chi connectivity index (χ4v) is 7.34. The minimum Gasteiger partial charge on any atom is -0.365 e. The van der Waals surface area contributed by atoms with Crippen LogP contribution in [0.1, 0.15) is 61.9 Å². The molecule has 1 atom stereocenters. The van der Waals surface area contributed by atoms with Crippen LogP contribution in [0.4, 0.5) is 11.4 Å². The SMILES string of the molecule is C1=CNc2ccccc2C=C1.C=CCOC1C=c2c(Cl)cccc2=c2ccc3c(c21)CCCC=3C(=O)c1ccc(NC(=O)c2ccccc2C)cc1. The van der Waals surface area contributed by atoms with E-state index < -0.39 is 0 Å². The third-order valence-corrected chi connectivity index (χ3v) is 9.96. The lowest BCUT2D eigenvalue weighted by Crippen LogP contribution is -2.28. The minimum absolute atomic E-state index is 0.00877. The van der Waals surface area contributed by atoms with Gasteiger partial charge < -0.3 is 15.4 Å². The topological polar surface area (TPSA) is 67.4 Å². The Balaban J connectivity index is 0.000000324. The van der Waals surface area contributed by atoms with Gasteiger partial charge in [0.2, 0.25) is 0 Å². The van der Waals surface area contributed by atoms with Gasteiger partial charge in [0, 0.05) is 39.3 Å². The van der Waals surface area contributed by atoms with E-state index in [1.54, 1.807) is 36.4 Å². The van der Waals surface area contributed by atoms with Crippen LogP contribution in [0, 0.1) is 17.4 Å². The van der Waals surface area contributed by atoms with Gasteiger partial charge in [-0.2, -0.15) is 0 Å². The first-order valence-corrected chi connectivity index (χ1v) is 17.9. The smallest absolute Gasteiger partial charge is 0.255 e. The Morgan fingerprint density at radius 3 is 2.50 bits per heavy atom. The van der Waals surface area contributed by atoms with Crippen molar-refractivity contribution in [3.63, 3.8) is 0 Å². The Labute approximate surface area is 308 Å². The molecule has 52 heavy (non-hydrogen) atoms. The monoisotopic (exact) mass is 702 g/mol. The number of halogens is 1. The maximum Gasteiger partial charge on any atom is 0.255 e. The van der Waals surface area contributed by atoms with Crippen LogP contribution in [0.15, 0.2) is 134 Å². The number of ether oxygens (including phenoxy) is 1. The number of nitrogens with one attached hydrogen (secondary N) is 2. The fourth-order valence-electron chi connectivity index (χ4n) is 7.10. The van der Waals surface area contributed by atoms with Crippen molar-refractivity contribution >= 4 is 52.4 Å². The third-order valence-electron chi connectivity index (χ3n) is 9.63. The molecule has 5 aromatic rings. The van der Waals surface area contributed by atoms with E-state index in [0.29, 0.717) is 34.9 Å². The molecule has 1 unspecified atom stereocenters. The van der Waals surface area contributed by atoms with Crippen LogP contribution >= 0.6 is 11.6 Å². The van der Waals surface area contributed by atoms with E-state index in [9.17, 15) is 9.59 Å². The molecule has 8 rings (SSSR count). The maximum absolute atomic E-state index is 13.8. The zero-order valence-corrected chi connectivity index (χ0v) is 29.8. The normalized spacial score (nSPS) is 14.8. The molecule has 0 fully saturated rings. The van der Waals surface area contributed by atoms with Gasteiger partial charge in [0.25, 0.3) is 5.91 Å². The molecule has 5 aromatic carbocycles. The van der Waals surface area contributed by atoms with Crippen LogP contribution in [0.5, 0.6) is 0 Å². The zero-order chi connectivity index (χ0) is 36.0. The number of Topliss-reactive ketones (excluding diaryl/α,β-unsaturated/α-hetero) is 1. The van der Waals surface area contributed by atoms with Crippen LogP contribution in [0.3, 0.4) is 0 Å². The molecule has 0 saturated heterocycles. The summed E-state index contributed by atoms with van der Waals surface area (Å²) in [5.74, 6) is -0.162. The van der Waals surface area contributed by atoms with Crippen molar-refractivity contribution in [3.8, 4) is 0 Å². The van der Waals surface area contributed by atoms with E-state index in [4.69, 9.17) is 16.3 Å². The predicted octanol–water partition coefficient (Wildman–Crippen LogP) is 9.23. The molecule has 5 nitrogen and oxygen atoms in total. The third kappa shape index (κ3) is 7.20. The number of rotatable bonds is 7. The van der Waals surface area contributed by atoms with Crippen LogP contribution < -0.4 is 21.1 Å². The molecule has 2 aliphatic carbocycles. The molecular formula is C46H39ClN2O3. The Morgan fingerprint density at radius 1 is 0.885 bits per heavy atom. The number of aryl methyl sites for hydroxylation is 1. The lowest BCUT2D eigenvalue weighted by atomic mass is 9.83. The summed E-state index contributed by atoms with van der Waals surface area (Å²) in [4.78, 5) is 26.6. The number of hydrogen-bond donors (Lipinski definition) is 2. The van der Waals surface area contributed by atoms with Crippen molar-refractivity contribution in [1.82, 2.24) is 0 Å². The molecule has 0 saturated carbocycles. The number of allylic oxidation sites excluding steroid dienone is 2. The van der Waals surface area contributed by atoms with Gasteiger partial charge in [0.05, 0.1) is 6.61 Å². The number of para-hydroxylation sites is 1. The highest BCUT2D eigenvalue weighted by Gasteiger charge is 2.25. The highest BCUT2D eigenvalue weighted by molar-refractivity contribution is 6.30. The second-order valence-electron chi connectivity index (χ2n) is 12.9. The number of carbonyl (C=O) groups excluding carboxylic acids is 2. The Hall–Kier alpha value is -5.75. The summed E-state index contributed by atoms with van der Waals surface area (Å²) in [5, 5.41) is 11.0. The number of carbonyl (C=O) groups is 2. The molecule has 1 heterocycles. The summed E-state index contributed by atoms with van der Waals surface area (Å²) in [5.41, 5.74) is 8.26. The standard InChI is InChI=1S/C36H30ClNO3.C10H9N/c1-3-20-41-33-21-31-26(10-7-13-32(31)37)29-19-18-27-28(34(29)33)11-6-12-30(27)35(39)23-14-16-24(17-15-23)38-36(40)25-9-5-4-8-22(25)2;1-2-7-10-9(5-1)6-3-4-8-11-10/h3-5,7-10,13-19,21,33H,1,6,11-12,20H2,2H3,(H,38,40);1-8,11H. The first kappa shape index (κ1) is 34.7. The maximum atomic E-state index is 13.8. The van der Waals surface area contributed by atoms with Gasteiger partial charge in [-0.1, -0.05) is 90.5 Å². The molecule has 0 aromatic heterocycles. The van der Waals surface area contributed by atoms with Crippen molar-refractivity contribution in [3.05, 3.63) is 193 Å². The van der Waals surface area contributed by atoms with E-state index in [1.807, 2.05) is 67.7 Å². The predicted molar refractivity (Wildman–Crippen MR) is 213 cm³/mol. The molecule has 6 heteroatoms. The van der Waals surface area contributed by atoms with E-state index in [2.05, 4.69) is 59.7 Å². The molecule has 3 aliphatic rings. The highest BCUT2D eigenvalue weighted by Crippen LogP contribution is 2.31. The Kier molecular flexibility index (Phi) is 10.4. The molecule has 0 spiro atoms. The number of anilines is 2. The van der Waals surface area contributed by atoms with Crippen LogP contribution in [-0.2, 0) is 11.2 Å². The summed E-state index contributed by atoms with van der Waals surface area (Å²) in [6.07, 6.45) is 14.1. The van der Waals surface area contributed by atoms with Crippen LogP contribution in [0.2, 0.25) is 5.02 Å². The molecule has 0 radical (unpaired) electrons. The van der Waals surface area contributed by atoms with Gasteiger partial charge in [-0.15, -0.1) is 6.58 Å². The minimum atomic E-state index is -0.282. The van der Waals surface area contributed by atoms with Gasteiger partial charge in [-0.25, -0.2) is 0 Å². The molecule has 2 N–H and O–H groups in total. The van der Waals surface area contributed by atoms with Gasteiger partial charge in [-0.3, -0.25) is 9.59 Å². The molecule has 1 amide bonds. The quantitative estimate of drug-likeness (QED) is 0.131. The highest BCUT2D eigenvalue weighted by atomic mass is 35.5. The van der Waals surface area contributed by atoms with E-state index in [0.717, 1.165) is 61.7 Å². The summed E-state index contributed by atoms with van der Waals surface area (Å²) in [6, 6.07) is 33.0. The average Bonchev–Trinajstić information content (AvgIpc) is 3.43. The number of benzene rings is 5. The second kappa shape index (κ2) is 15.6. The van der Waals surface area contributed by atoms with E-state index in [-0.39, 0.29) is 17.8 Å². The van der Waals surface area contributed by atoms with Crippen LogP contribution in [-0.4, -0.2) is 18.3 Å². The lowest BCUT2D eigenvalue weighted by molar-refractivity contribution is 0.102. The number of fused-ring (bicyclic) bond motifs is 5. The van der Waals surface area contributed by atoms with Crippen molar-refractivity contribution in [2.45, 2.75) is 32.3 Å². The first-order chi connectivity index (χ1) is 25.4. The molecular weight excluding hydrogens is 664 g/mol. The van der Waals surface area contributed by atoms with Gasteiger partial charge in [0.1, 0.15) is 6.10 Å². The summed E-state index contributed by atoms with van der Waals surface area (Å²) in [6.45, 7) is 6.14. The molecule has 258 valence electrons. The second-order valence-corrected chi connectivity index (χ2v) is 13.3. The largest absolute Gasteiger partial charge is 0.365 e. The summed E-state index contributed by atoms with van der Waals surface area (Å²) < 4.78 is 6.24. The van der Waals surface area contributed by atoms with Crippen molar-refractivity contribution in [2.24, 2.45) is 0 Å². The fraction of sp³-hybridized carbons (Fsp3) is 0.130. The van der Waals surface area contributed by atoms with Gasteiger partial charge >= 0.3 is 0 Å². The van der Waals surface area contributed by atoms with Crippen molar-refractivity contribution in [1.29, 1.82) is 0 Å². The summed E-state index contributed by atoms with van der Waals surface area (Å²) >= 11 is 6.58. The Bertz CT molecular complexity index is 2480. The number of ketones is 1. The van der Waals surface area contributed by atoms with Gasteiger partial charge in [0.15, 0.2) is 5.78 Å². The van der Waals surface area contributed by atoms with Gasteiger partial charge in [-0.05, 0) is 124 Å².